The number of phenols is 1. The minimum absolute atomic E-state index is 0.205. The van der Waals surface area contributed by atoms with E-state index in [4.69, 9.17) is 0 Å². The Hall–Kier alpha value is -1.23. The van der Waals surface area contributed by atoms with Crippen molar-refractivity contribution < 1.29 is 23.4 Å². The third-order valence-electron chi connectivity index (χ3n) is 2.76. The number of hydrogen-bond donors (Lipinski definition) is 2. The van der Waals surface area contributed by atoms with E-state index in [1.165, 1.54) is 6.07 Å². The molecular formula is C11H11F3O2. The third-order valence-corrected chi connectivity index (χ3v) is 2.76. The SMILES string of the molecule is Oc1cc(C(F)(F)F)ccc1CC1(O)CC1. The summed E-state index contributed by atoms with van der Waals surface area (Å²) in [5.41, 5.74) is -1.35. The van der Waals surface area contributed by atoms with E-state index in [0.29, 0.717) is 24.5 Å². The predicted molar refractivity (Wildman–Crippen MR) is 51.0 cm³/mol. The van der Waals surface area contributed by atoms with Crippen LogP contribution in [-0.4, -0.2) is 15.8 Å². The van der Waals surface area contributed by atoms with Crippen LogP contribution in [0.4, 0.5) is 13.2 Å². The highest BCUT2D eigenvalue weighted by Crippen LogP contribution is 2.41. The van der Waals surface area contributed by atoms with Gasteiger partial charge in [0, 0.05) is 6.42 Å². The second-order valence-electron chi connectivity index (χ2n) is 4.24. The molecule has 16 heavy (non-hydrogen) atoms. The summed E-state index contributed by atoms with van der Waals surface area (Å²) in [6, 6.07) is 2.83. The van der Waals surface area contributed by atoms with Crippen LogP contribution in [0, 0.1) is 0 Å². The molecule has 0 atom stereocenters. The summed E-state index contributed by atoms with van der Waals surface area (Å²) in [7, 11) is 0. The van der Waals surface area contributed by atoms with Gasteiger partial charge in [-0.3, -0.25) is 0 Å². The van der Waals surface area contributed by atoms with Crippen molar-refractivity contribution in [1.29, 1.82) is 0 Å². The van der Waals surface area contributed by atoms with Gasteiger partial charge in [-0.25, -0.2) is 0 Å². The van der Waals surface area contributed by atoms with Crippen LogP contribution in [0.3, 0.4) is 0 Å². The standard InChI is InChI=1S/C11H11F3O2/c12-11(13,14)8-2-1-7(9(15)5-8)6-10(16)3-4-10/h1-2,5,15-16H,3-4,6H2. The van der Waals surface area contributed by atoms with E-state index in [9.17, 15) is 23.4 Å². The Bertz CT molecular complexity index is 408. The Morgan fingerprint density at radius 3 is 2.31 bits per heavy atom. The molecule has 1 saturated carbocycles. The Kier molecular flexibility index (Phi) is 2.38. The Morgan fingerprint density at radius 2 is 1.88 bits per heavy atom. The molecule has 0 unspecified atom stereocenters. The first-order valence-corrected chi connectivity index (χ1v) is 4.92. The van der Waals surface area contributed by atoms with Gasteiger partial charge in [-0.1, -0.05) is 6.07 Å². The molecular weight excluding hydrogens is 221 g/mol. The first-order valence-electron chi connectivity index (χ1n) is 4.92. The smallest absolute Gasteiger partial charge is 0.416 e. The number of alkyl halides is 3. The molecule has 0 aliphatic heterocycles. The van der Waals surface area contributed by atoms with Gasteiger partial charge in [0.2, 0.25) is 0 Å². The fraction of sp³-hybridized carbons (Fsp3) is 0.455. The molecule has 5 heteroatoms. The Labute approximate surface area is 90.3 Å². The number of phenolic OH excluding ortho intramolecular Hbond substituents is 1. The summed E-state index contributed by atoms with van der Waals surface area (Å²) in [6.07, 6.45) is -2.98. The normalized spacial score (nSPS) is 18.5. The molecule has 2 N–H and O–H groups in total. The fourth-order valence-electron chi connectivity index (χ4n) is 1.57. The lowest BCUT2D eigenvalue weighted by molar-refractivity contribution is -0.137. The van der Waals surface area contributed by atoms with Crippen LogP contribution in [0.25, 0.3) is 0 Å². The zero-order chi connectivity index (χ0) is 12.0. The van der Waals surface area contributed by atoms with Gasteiger partial charge in [-0.15, -0.1) is 0 Å². The number of aromatic hydroxyl groups is 1. The van der Waals surface area contributed by atoms with Crippen LogP contribution in [0.2, 0.25) is 0 Å². The van der Waals surface area contributed by atoms with Gasteiger partial charge >= 0.3 is 6.18 Å². The number of halogens is 3. The number of aliphatic hydroxyl groups is 1. The lowest BCUT2D eigenvalue weighted by Gasteiger charge is -2.12. The van der Waals surface area contributed by atoms with Gasteiger partial charge in [0.15, 0.2) is 0 Å². The molecule has 0 spiro atoms. The van der Waals surface area contributed by atoms with Gasteiger partial charge < -0.3 is 10.2 Å². The lowest BCUT2D eigenvalue weighted by Crippen LogP contribution is -2.11. The van der Waals surface area contributed by atoms with Crippen molar-refractivity contribution in [2.75, 3.05) is 0 Å². The molecule has 1 aromatic rings. The molecule has 1 aliphatic rings. The summed E-state index contributed by atoms with van der Waals surface area (Å²) in [5.74, 6) is -0.407. The van der Waals surface area contributed by atoms with Crippen LogP contribution in [0.1, 0.15) is 24.0 Å². The van der Waals surface area contributed by atoms with E-state index in [2.05, 4.69) is 0 Å². The minimum Gasteiger partial charge on any atom is -0.508 e. The zero-order valence-electron chi connectivity index (χ0n) is 8.38. The molecule has 1 fully saturated rings. The number of benzene rings is 1. The van der Waals surface area contributed by atoms with Crippen molar-refractivity contribution in [3.05, 3.63) is 29.3 Å². The largest absolute Gasteiger partial charge is 0.508 e. The molecule has 0 amide bonds. The van der Waals surface area contributed by atoms with E-state index in [1.54, 1.807) is 0 Å². The van der Waals surface area contributed by atoms with Crippen LogP contribution in [-0.2, 0) is 12.6 Å². The van der Waals surface area contributed by atoms with Gasteiger partial charge in [0.1, 0.15) is 5.75 Å². The summed E-state index contributed by atoms with van der Waals surface area (Å²) in [5, 5.41) is 19.0. The molecule has 2 rings (SSSR count). The molecule has 0 radical (unpaired) electrons. The highest BCUT2D eigenvalue weighted by atomic mass is 19.4. The second kappa shape index (κ2) is 3.38. The highest BCUT2D eigenvalue weighted by molar-refractivity contribution is 5.39. The Balaban J connectivity index is 2.23. The molecule has 0 saturated heterocycles. The molecule has 1 aliphatic carbocycles. The van der Waals surface area contributed by atoms with Crippen molar-refractivity contribution in [3.63, 3.8) is 0 Å². The summed E-state index contributed by atoms with van der Waals surface area (Å²) < 4.78 is 36.9. The molecule has 0 aromatic heterocycles. The lowest BCUT2D eigenvalue weighted by atomic mass is 10.0. The topological polar surface area (TPSA) is 40.5 Å². The predicted octanol–water partition coefficient (Wildman–Crippen LogP) is 2.48. The molecule has 1 aromatic carbocycles. The van der Waals surface area contributed by atoms with Crippen molar-refractivity contribution in [2.45, 2.75) is 31.0 Å². The van der Waals surface area contributed by atoms with Crippen molar-refractivity contribution in [3.8, 4) is 5.75 Å². The van der Waals surface area contributed by atoms with Gasteiger partial charge in [0.05, 0.1) is 11.2 Å². The highest BCUT2D eigenvalue weighted by Gasteiger charge is 2.41. The quantitative estimate of drug-likeness (QED) is 0.822. The van der Waals surface area contributed by atoms with Crippen LogP contribution >= 0.6 is 0 Å². The van der Waals surface area contributed by atoms with Crippen molar-refractivity contribution >= 4 is 0 Å². The average molecular weight is 232 g/mol. The zero-order valence-corrected chi connectivity index (χ0v) is 8.38. The number of rotatable bonds is 2. The second-order valence-corrected chi connectivity index (χ2v) is 4.24. The van der Waals surface area contributed by atoms with Crippen molar-refractivity contribution in [2.24, 2.45) is 0 Å². The first kappa shape index (κ1) is 11.3. The molecule has 88 valence electrons. The third kappa shape index (κ3) is 2.29. The average Bonchev–Trinajstić information content (AvgIpc) is 2.86. The van der Waals surface area contributed by atoms with Gasteiger partial charge in [-0.05, 0) is 30.5 Å². The van der Waals surface area contributed by atoms with Crippen molar-refractivity contribution in [1.82, 2.24) is 0 Å². The van der Waals surface area contributed by atoms with E-state index in [0.717, 1.165) is 6.07 Å². The minimum atomic E-state index is -4.45. The van der Waals surface area contributed by atoms with Crippen LogP contribution in [0.5, 0.6) is 5.75 Å². The Morgan fingerprint density at radius 1 is 1.25 bits per heavy atom. The molecule has 2 nitrogen and oxygen atoms in total. The maximum atomic E-state index is 12.3. The van der Waals surface area contributed by atoms with E-state index < -0.39 is 23.1 Å². The summed E-state index contributed by atoms with van der Waals surface area (Å²) in [6.45, 7) is 0. The molecule has 0 bridgehead atoms. The van der Waals surface area contributed by atoms with Crippen LogP contribution in [0.15, 0.2) is 18.2 Å². The monoisotopic (exact) mass is 232 g/mol. The van der Waals surface area contributed by atoms with Crippen LogP contribution < -0.4 is 0 Å². The first-order chi connectivity index (χ1) is 7.30. The summed E-state index contributed by atoms with van der Waals surface area (Å²) in [4.78, 5) is 0. The van der Waals surface area contributed by atoms with Gasteiger partial charge in [0.25, 0.3) is 0 Å². The fourth-order valence-corrected chi connectivity index (χ4v) is 1.57. The summed E-state index contributed by atoms with van der Waals surface area (Å²) >= 11 is 0. The van der Waals surface area contributed by atoms with E-state index in [-0.39, 0.29) is 6.42 Å². The number of hydrogen-bond acceptors (Lipinski definition) is 2. The molecule has 0 heterocycles. The maximum Gasteiger partial charge on any atom is 0.416 e. The van der Waals surface area contributed by atoms with E-state index in [1.807, 2.05) is 0 Å². The maximum absolute atomic E-state index is 12.3. The van der Waals surface area contributed by atoms with Gasteiger partial charge in [-0.2, -0.15) is 13.2 Å². The van der Waals surface area contributed by atoms with E-state index >= 15 is 0 Å².